The van der Waals surface area contributed by atoms with E-state index in [2.05, 4.69) is 34.2 Å². The van der Waals surface area contributed by atoms with E-state index in [1.165, 1.54) is 6.33 Å². The van der Waals surface area contributed by atoms with Crippen LogP contribution in [-0.2, 0) is 29.7 Å². The van der Waals surface area contributed by atoms with Gasteiger partial charge in [-0.25, -0.2) is 14.8 Å². The molecule has 1 aromatic carbocycles. The zero-order valence-electron chi connectivity index (χ0n) is 21.4. The van der Waals surface area contributed by atoms with E-state index < -0.39 is 0 Å². The molecule has 0 saturated carbocycles. The van der Waals surface area contributed by atoms with E-state index in [4.69, 9.17) is 4.74 Å². The number of fused-ring (bicyclic) bond motifs is 3. The number of benzene rings is 1. The molecule has 0 aliphatic carbocycles. The van der Waals surface area contributed by atoms with Gasteiger partial charge in [0.2, 0.25) is 11.8 Å². The summed E-state index contributed by atoms with van der Waals surface area (Å²) in [6, 6.07) is 9.16. The number of anilines is 1. The van der Waals surface area contributed by atoms with Crippen LogP contribution in [0.15, 0.2) is 42.9 Å². The Morgan fingerprint density at radius 3 is 2.78 bits per heavy atom. The second-order valence-electron chi connectivity index (χ2n) is 10.5. The molecular formula is C27H29N7O3. The van der Waals surface area contributed by atoms with Gasteiger partial charge in [-0.2, -0.15) is 5.10 Å². The van der Waals surface area contributed by atoms with E-state index in [-0.39, 0.29) is 23.4 Å². The molecule has 6 rings (SSSR count). The first kappa shape index (κ1) is 23.2. The maximum Gasteiger partial charge on any atom is 0.331 e. The zero-order chi connectivity index (χ0) is 25.9. The lowest BCUT2D eigenvalue weighted by molar-refractivity contribution is -0.132. The summed E-state index contributed by atoms with van der Waals surface area (Å²) < 4.78 is 9.71. The smallest absolute Gasteiger partial charge is 0.331 e. The Morgan fingerprint density at radius 2 is 2.00 bits per heavy atom. The molecule has 3 aromatic heterocycles. The number of hydrogen-bond donors (Lipinski definition) is 1. The third-order valence-corrected chi connectivity index (χ3v) is 7.50. The quantitative estimate of drug-likeness (QED) is 0.446. The fourth-order valence-corrected chi connectivity index (χ4v) is 5.35. The highest BCUT2D eigenvalue weighted by atomic mass is 16.5. The second-order valence-corrected chi connectivity index (χ2v) is 10.5. The monoisotopic (exact) mass is 499 g/mol. The predicted octanol–water partition coefficient (Wildman–Crippen LogP) is 4.47. The van der Waals surface area contributed by atoms with Gasteiger partial charge in [-0.05, 0) is 44.0 Å². The first-order chi connectivity index (χ1) is 17.7. The summed E-state index contributed by atoms with van der Waals surface area (Å²) in [7, 11) is 0. The summed E-state index contributed by atoms with van der Waals surface area (Å²) >= 11 is 0. The standard InChI is InChI=1S/C27H29N7O3/c1-16-11-20-21(14-33(16)17(2)35)28-15-29-25(20)37-19-5-6-22-18(12-19)7-9-32(22)26(36)30-24-13-23-27(3,4)8-10-34(23)31-24/h5-7,9,12-13,15-16H,8,10-11,14H2,1-4H3,(H,30,31,36). The Morgan fingerprint density at radius 1 is 1.16 bits per heavy atom. The number of nitrogens with one attached hydrogen (secondary N) is 1. The maximum atomic E-state index is 13.0. The lowest BCUT2D eigenvalue weighted by atomic mass is 9.89. The Balaban J connectivity index is 1.22. The number of carbonyl (C=O) groups is 2. The number of aryl methyl sites for hydroxylation is 1. The van der Waals surface area contributed by atoms with Crippen LogP contribution < -0.4 is 10.1 Å². The largest absolute Gasteiger partial charge is 0.439 e. The van der Waals surface area contributed by atoms with Crippen molar-refractivity contribution in [1.29, 1.82) is 0 Å². The van der Waals surface area contributed by atoms with Crippen LogP contribution in [0.4, 0.5) is 10.6 Å². The number of aromatic nitrogens is 5. The molecule has 0 radical (unpaired) electrons. The average Bonchev–Trinajstić information content (AvgIpc) is 3.53. The SMILES string of the molecule is CC(=O)N1Cc2ncnc(Oc3ccc4c(ccn4C(=O)Nc4cc5n(n4)CCC5(C)C)c3)c2CC1C. The third kappa shape index (κ3) is 4.02. The van der Waals surface area contributed by atoms with Crippen molar-refractivity contribution in [2.75, 3.05) is 5.32 Å². The van der Waals surface area contributed by atoms with Gasteiger partial charge in [-0.3, -0.25) is 19.4 Å². The molecule has 0 bridgehead atoms. The van der Waals surface area contributed by atoms with E-state index >= 15 is 0 Å². The fraction of sp³-hybridized carbons (Fsp3) is 0.370. The lowest BCUT2D eigenvalue weighted by Gasteiger charge is -2.33. The van der Waals surface area contributed by atoms with Crippen LogP contribution in [0.5, 0.6) is 11.6 Å². The van der Waals surface area contributed by atoms with Gasteiger partial charge < -0.3 is 9.64 Å². The number of carbonyl (C=O) groups excluding carboxylic acids is 2. The van der Waals surface area contributed by atoms with Crippen molar-refractivity contribution >= 4 is 28.7 Å². The van der Waals surface area contributed by atoms with Crippen molar-refractivity contribution in [3.05, 3.63) is 59.8 Å². The molecule has 1 unspecified atom stereocenters. The third-order valence-electron chi connectivity index (χ3n) is 7.50. The minimum Gasteiger partial charge on any atom is -0.439 e. The highest BCUT2D eigenvalue weighted by Crippen LogP contribution is 2.35. The number of ether oxygens (including phenoxy) is 1. The minimum atomic E-state index is -0.271. The van der Waals surface area contributed by atoms with Gasteiger partial charge in [0.1, 0.15) is 12.1 Å². The topological polar surface area (TPSA) is 107 Å². The van der Waals surface area contributed by atoms with Crippen molar-refractivity contribution in [2.24, 2.45) is 0 Å². The molecule has 4 aromatic rings. The van der Waals surface area contributed by atoms with Crippen molar-refractivity contribution in [3.8, 4) is 11.6 Å². The molecule has 2 aliphatic heterocycles. The second kappa shape index (κ2) is 8.43. The summed E-state index contributed by atoms with van der Waals surface area (Å²) in [5.74, 6) is 1.69. The average molecular weight is 500 g/mol. The highest BCUT2D eigenvalue weighted by Gasteiger charge is 2.32. The van der Waals surface area contributed by atoms with E-state index in [1.807, 2.05) is 41.9 Å². The molecule has 1 N–H and O–H groups in total. The summed E-state index contributed by atoms with van der Waals surface area (Å²) in [6.45, 7) is 9.27. The molecule has 1 atom stereocenters. The van der Waals surface area contributed by atoms with Gasteiger partial charge in [0.15, 0.2) is 5.82 Å². The summed E-state index contributed by atoms with van der Waals surface area (Å²) in [4.78, 5) is 35.5. The first-order valence-corrected chi connectivity index (χ1v) is 12.5. The van der Waals surface area contributed by atoms with Crippen LogP contribution in [0.1, 0.15) is 51.1 Å². The maximum absolute atomic E-state index is 13.0. The van der Waals surface area contributed by atoms with Crippen molar-refractivity contribution in [1.82, 2.24) is 29.2 Å². The first-order valence-electron chi connectivity index (χ1n) is 12.5. The van der Waals surface area contributed by atoms with Gasteiger partial charge in [0.05, 0.1) is 17.8 Å². The van der Waals surface area contributed by atoms with Gasteiger partial charge in [-0.1, -0.05) is 13.8 Å². The van der Waals surface area contributed by atoms with Crippen molar-refractivity contribution < 1.29 is 14.3 Å². The Labute approximate surface area is 214 Å². The predicted molar refractivity (Wildman–Crippen MR) is 138 cm³/mol. The Kier molecular flexibility index (Phi) is 5.29. The van der Waals surface area contributed by atoms with Gasteiger partial charge in [0, 0.05) is 53.8 Å². The molecule has 5 heterocycles. The molecule has 10 nitrogen and oxygen atoms in total. The molecule has 190 valence electrons. The zero-order valence-corrected chi connectivity index (χ0v) is 21.4. The molecule has 0 saturated heterocycles. The molecule has 10 heteroatoms. The molecule has 2 aliphatic rings. The van der Waals surface area contributed by atoms with E-state index in [9.17, 15) is 9.59 Å². The van der Waals surface area contributed by atoms with Crippen LogP contribution >= 0.6 is 0 Å². The minimum absolute atomic E-state index is 0.0269. The Bertz CT molecular complexity index is 1550. The number of rotatable bonds is 3. The summed E-state index contributed by atoms with van der Waals surface area (Å²) in [5, 5.41) is 8.33. The van der Waals surface area contributed by atoms with Crippen LogP contribution in [0.2, 0.25) is 0 Å². The summed E-state index contributed by atoms with van der Waals surface area (Å²) in [5.41, 5.74) is 3.67. The lowest BCUT2D eigenvalue weighted by Crippen LogP contribution is -2.41. The van der Waals surface area contributed by atoms with Crippen LogP contribution in [0.3, 0.4) is 0 Å². The molecule has 37 heavy (non-hydrogen) atoms. The van der Waals surface area contributed by atoms with Gasteiger partial charge in [-0.15, -0.1) is 0 Å². The fourth-order valence-electron chi connectivity index (χ4n) is 5.35. The molecule has 2 amide bonds. The van der Waals surface area contributed by atoms with Gasteiger partial charge >= 0.3 is 6.03 Å². The van der Waals surface area contributed by atoms with E-state index in [0.29, 0.717) is 30.4 Å². The molecular weight excluding hydrogens is 470 g/mol. The van der Waals surface area contributed by atoms with Crippen molar-refractivity contribution in [2.45, 2.75) is 65.1 Å². The number of hydrogen-bond acceptors (Lipinski definition) is 6. The van der Waals surface area contributed by atoms with Gasteiger partial charge in [0.25, 0.3) is 0 Å². The van der Waals surface area contributed by atoms with Crippen LogP contribution in [-0.4, -0.2) is 47.2 Å². The number of nitrogens with zero attached hydrogens (tertiary/aromatic N) is 6. The molecule has 0 fully saturated rings. The Hall–Kier alpha value is -4.21. The van der Waals surface area contributed by atoms with Crippen molar-refractivity contribution in [3.63, 3.8) is 0 Å². The summed E-state index contributed by atoms with van der Waals surface area (Å²) in [6.07, 6.45) is 4.87. The normalized spacial score (nSPS) is 17.9. The van der Waals surface area contributed by atoms with Crippen LogP contribution in [0.25, 0.3) is 10.9 Å². The highest BCUT2D eigenvalue weighted by molar-refractivity contribution is 5.98. The number of amides is 2. The van der Waals surface area contributed by atoms with E-state index in [0.717, 1.165) is 40.8 Å². The van der Waals surface area contributed by atoms with Crippen LogP contribution in [0, 0.1) is 0 Å². The van der Waals surface area contributed by atoms with E-state index in [1.54, 1.807) is 22.6 Å². The molecule has 0 spiro atoms.